The Bertz CT molecular complexity index is 701. The molecule has 5 nitrogen and oxygen atoms in total. The Kier molecular flexibility index (Phi) is 6.98. The molecule has 0 fully saturated rings. The fourth-order valence-electron chi connectivity index (χ4n) is 2.44. The molecule has 2 aromatic rings. The topological polar surface area (TPSA) is 70.6 Å². The van der Waals surface area contributed by atoms with E-state index in [9.17, 15) is 9.90 Å². The number of benzene rings is 2. The zero-order valence-corrected chi connectivity index (χ0v) is 15.0. The number of hydrogen-bond acceptors (Lipinski definition) is 3. The van der Waals surface area contributed by atoms with Crippen molar-refractivity contribution in [1.29, 1.82) is 0 Å². The fraction of sp³-hybridized carbons (Fsp3) is 0.350. The van der Waals surface area contributed by atoms with Crippen molar-refractivity contribution in [3.63, 3.8) is 0 Å². The van der Waals surface area contributed by atoms with Gasteiger partial charge in [-0.3, -0.25) is 0 Å². The molecule has 1 unspecified atom stereocenters. The van der Waals surface area contributed by atoms with Crippen LogP contribution in [0.25, 0.3) is 0 Å². The second kappa shape index (κ2) is 9.20. The zero-order valence-electron chi connectivity index (χ0n) is 15.0. The molecule has 2 aromatic carbocycles. The van der Waals surface area contributed by atoms with Gasteiger partial charge >= 0.3 is 6.03 Å². The van der Waals surface area contributed by atoms with Crippen LogP contribution in [-0.4, -0.2) is 23.8 Å². The molecule has 0 aliphatic carbocycles. The molecule has 1 atom stereocenters. The second-order valence-corrected chi connectivity index (χ2v) is 6.27. The minimum atomic E-state index is -0.738. The smallest absolute Gasteiger partial charge is 0.319 e. The number of aliphatic hydroxyl groups is 1. The molecule has 134 valence electrons. The van der Waals surface area contributed by atoms with Gasteiger partial charge in [-0.15, -0.1) is 0 Å². The standard InChI is InChI=1S/C20H26N2O3/c1-14(2)25-13-16-8-6-9-17(11-16)22-20(24)21-12-19(23)18-10-5-4-7-15(18)3/h4-11,14,19,23H,12-13H2,1-3H3,(H2,21,22,24). The molecule has 0 radical (unpaired) electrons. The first kappa shape index (κ1) is 19.0. The molecule has 2 rings (SSSR count). The Hall–Kier alpha value is -2.37. The molecule has 0 aliphatic rings. The lowest BCUT2D eigenvalue weighted by molar-refractivity contribution is 0.0657. The molecule has 2 amide bonds. The van der Waals surface area contributed by atoms with Crippen LogP contribution in [0.15, 0.2) is 48.5 Å². The Morgan fingerprint density at radius 3 is 2.64 bits per heavy atom. The predicted molar refractivity (Wildman–Crippen MR) is 99.5 cm³/mol. The van der Waals surface area contributed by atoms with Crippen LogP contribution >= 0.6 is 0 Å². The summed E-state index contributed by atoms with van der Waals surface area (Å²) in [5.41, 5.74) is 3.49. The van der Waals surface area contributed by atoms with Gasteiger partial charge in [-0.25, -0.2) is 4.79 Å². The Labute approximate surface area is 149 Å². The number of nitrogens with one attached hydrogen (secondary N) is 2. The second-order valence-electron chi connectivity index (χ2n) is 6.27. The largest absolute Gasteiger partial charge is 0.387 e. The van der Waals surface area contributed by atoms with Crippen LogP contribution in [0, 0.1) is 6.92 Å². The van der Waals surface area contributed by atoms with Gasteiger partial charge in [0.25, 0.3) is 0 Å². The summed E-state index contributed by atoms with van der Waals surface area (Å²) in [5, 5.41) is 15.7. The molecular formula is C20H26N2O3. The average molecular weight is 342 g/mol. The van der Waals surface area contributed by atoms with Gasteiger partial charge in [0.2, 0.25) is 0 Å². The highest BCUT2D eigenvalue weighted by Crippen LogP contribution is 2.16. The number of carbonyl (C=O) groups is 1. The predicted octanol–water partition coefficient (Wildman–Crippen LogP) is 3.78. The van der Waals surface area contributed by atoms with Gasteiger partial charge in [0, 0.05) is 12.2 Å². The maximum Gasteiger partial charge on any atom is 0.319 e. The Morgan fingerprint density at radius 1 is 1.16 bits per heavy atom. The summed E-state index contributed by atoms with van der Waals surface area (Å²) in [4.78, 5) is 12.0. The number of carbonyl (C=O) groups excluding carboxylic acids is 1. The summed E-state index contributed by atoms with van der Waals surface area (Å²) >= 11 is 0. The highest BCUT2D eigenvalue weighted by molar-refractivity contribution is 5.89. The molecule has 25 heavy (non-hydrogen) atoms. The van der Waals surface area contributed by atoms with Crippen LogP contribution in [0.2, 0.25) is 0 Å². The van der Waals surface area contributed by atoms with Crippen molar-refractivity contribution >= 4 is 11.7 Å². The number of aliphatic hydroxyl groups excluding tert-OH is 1. The summed E-state index contributed by atoms with van der Waals surface area (Å²) in [6.07, 6.45) is -0.583. The number of rotatable bonds is 7. The maximum absolute atomic E-state index is 12.0. The third kappa shape index (κ3) is 6.21. The van der Waals surface area contributed by atoms with E-state index >= 15 is 0 Å². The van der Waals surface area contributed by atoms with Gasteiger partial charge in [-0.05, 0) is 49.6 Å². The third-order valence-corrected chi connectivity index (χ3v) is 3.77. The SMILES string of the molecule is Cc1ccccc1C(O)CNC(=O)Nc1cccc(COC(C)C)c1. The number of urea groups is 1. The number of aryl methyl sites for hydroxylation is 1. The highest BCUT2D eigenvalue weighted by atomic mass is 16.5. The summed E-state index contributed by atoms with van der Waals surface area (Å²) < 4.78 is 5.57. The lowest BCUT2D eigenvalue weighted by Gasteiger charge is -2.15. The third-order valence-electron chi connectivity index (χ3n) is 3.77. The molecule has 5 heteroatoms. The number of hydrogen-bond donors (Lipinski definition) is 3. The van der Waals surface area contributed by atoms with E-state index in [4.69, 9.17) is 4.74 Å². The molecule has 0 saturated heterocycles. The van der Waals surface area contributed by atoms with Crippen LogP contribution in [0.1, 0.15) is 36.6 Å². The van der Waals surface area contributed by atoms with E-state index in [-0.39, 0.29) is 18.7 Å². The average Bonchev–Trinajstić information content (AvgIpc) is 2.58. The monoisotopic (exact) mass is 342 g/mol. The lowest BCUT2D eigenvalue weighted by Crippen LogP contribution is -2.32. The van der Waals surface area contributed by atoms with Crippen molar-refractivity contribution in [1.82, 2.24) is 5.32 Å². The van der Waals surface area contributed by atoms with Gasteiger partial charge in [0.15, 0.2) is 0 Å². The first-order chi connectivity index (χ1) is 12.0. The summed E-state index contributed by atoms with van der Waals surface area (Å²) in [6, 6.07) is 14.7. The van der Waals surface area contributed by atoms with Crippen molar-refractivity contribution in [2.45, 2.75) is 39.6 Å². The van der Waals surface area contributed by atoms with Gasteiger partial charge in [0.05, 0.1) is 18.8 Å². The summed E-state index contributed by atoms with van der Waals surface area (Å²) in [5.74, 6) is 0. The number of amides is 2. The Morgan fingerprint density at radius 2 is 1.92 bits per heavy atom. The van der Waals surface area contributed by atoms with Gasteiger partial charge < -0.3 is 20.5 Å². The molecule has 0 spiro atoms. The minimum absolute atomic E-state index is 0.146. The van der Waals surface area contributed by atoms with Crippen LogP contribution in [-0.2, 0) is 11.3 Å². The molecule has 0 saturated carbocycles. The van der Waals surface area contributed by atoms with E-state index in [2.05, 4.69) is 10.6 Å². The molecule has 3 N–H and O–H groups in total. The van der Waals surface area contributed by atoms with E-state index < -0.39 is 6.10 Å². The van der Waals surface area contributed by atoms with Crippen molar-refractivity contribution in [3.05, 3.63) is 65.2 Å². The molecular weight excluding hydrogens is 316 g/mol. The molecule has 0 aliphatic heterocycles. The number of ether oxygens (including phenoxy) is 1. The van der Waals surface area contributed by atoms with E-state index in [1.807, 2.05) is 69.3 Å². The van der Waals surface area contributed by atoms with Crippen LogP contribution < -0.4 is 10.6 Å². The normalized spacial score (nSPS) is 12.0. The van der Waals surface area contributed by atoms with Crippen molar-refractivity contribution in [3.8, 4) is 0 Å². The molecule has 0 heterocycles. The Balaban J connectivity index is 1.86. The van der Waals surface area contributed by atoms with E-state index in [0.717, 1.165) is 16.7 Å². The van der Waals surface area contributed by atoms with Gasteiger partial charge in [0.1, 0.15) is 0 Å². The van der Waals surface area contributed by atoms with Crippen molar-refractivity contribution in [2.75, 3.05) is 11.9 Å². The quantitative estimate of drug-likeness (QED) is 0.717. The fourth-order valence-corrected chi connectivity index (χ4v) is 2.44. The van der Waals surface area contributed by atoms with E-state index in [0.29, 0.717) is 12.3 Å². The van der Waals surface area contributed by atoms with Gasteiger partial charge in [-0.2, -0.15) is 0 Å². The van der Waals surface area contributed by atoms with Crippen LogP contribution in [0.4, 0.5) is 10.5 Å². The lowest BCUT2D eigenvalue weighted by atomic mass is 10.0. The number of anilines is 1. The van der Waals surface area contributed by atoms with Crippen molar-refractivity contribution in [2.24, 2.45) is 0 Å². The van der Waals surface area contributed by atoms with Gasteiger partial charge in [-0.1, -0.05) is 36.4 Å². The molecule has 0 bridgehead atoms. The van der Waals surface area contributed by atoms with Crippen molar-refractivity contribution < 1.29 is 14.6 Å². The van der Waals surface area contributed by atoms with Crippen LogP contribution in [0.5, 0.6) is 0 Å². The summed E-state index contributed by atoms with van der Waals surface area (Å²) in [6.45, 7) is 6.54. The minimum Gasteiger partial charge on any atom is -0.387 e. The first-order valence-corrected chi connectivity index (χ1v) is 8.44. The highest BCUT2D eigenvalue weighted by Gasteiger charge is 2.11. The first-order valence-electron chi connectivity index (χ1n) is 8.44. The van der Waals surface area contributed by atoms with Crippen LogP contribution in [0.3, 0.4) is 0 Å². The maximum atomic E-state index is 12.0. The zero-order chi connectivity index (χ0) is 18.2. The van der Waals surface area contributed by atoms with E-state index in [1.54, 1.807) is 0 Å². The van der Waals surface area contributed by atoms with E-state index in [1.165, 1.54) is 0 Å². The molecule has 0 aromatic heterocycles. The summed E-state index contributed by atoms with van der Waals surface area (Å²) in [7, 11) is 0.